The van der Waals surface area contributed by atoms with Crippen molar-refractivity contribution in [2.75, 3.05) is 13.2 Å². The standard InChI is InChI=1S/C31H40N2O5/c1-3-5-8-18-30(36)38-23-28(20-25-16-11-7-12-17-25)33-31(37)26(13-4-2)21-29(35)32-27(22-34)19-24-14-9-6-10-15-24/h3-4,6-7,9-12,14-17,26-28,34H,1-2,5,8,13,18-23H2,(H,32,35)(H,33,37)/t26-,27+,28+/m1/s1. The maximum absolute atomic E-state index is 13.2. The normalized spacial score (nSPS) is 13.0. The van der Waals surface area contributed by atoms with Crippen LogP contribution in [-0.2, 0) is 32.0 Å². The molecule has 2 aromatic rings. The van der Waals surface area contributed by atoms with Gasteiger partial charge >= 0.3 is 5.97 Å². The molecule has 0 heterocycles. The van der Waals surface area contributed by atoms with Crippen molar-refractivity contribution in [2.45, 2.75) is 57.0 Å². The van der Waals surface area contributed by atoms with Crippen LogP contribution in [0.1, 0.15) is 43.2 Å². The summed E-state index contributed by atoms with van der Waals surface area (Å²) in [6.45, 7) is 7.21. The molecule has 0 unspecified atom stereocenters. The molecule has 204 valence electrons. The highest BCUT2D eigenvalue weighted by atomic mass is 16.5. The molecule has 0 fully saturated rings. The number of amides is 2. The lowest BCUT2D eigenvalue weighted by Crippen LogP contribution is -2.45. The van der Waals surface area contributed by atoms with Gasteiger partial charge in [0.15, 0.2) is 0 Å². The van der Waals surface area contributed by atoms with E-state index >= 15 is 0 Å². The van der Waals surface area contributed by atoms with Crippen molar-refractivity contribution in [1.29, 1.82) is 0 Å². The van der Waals surface area contributed by atoms with Crippen LogP contribution in [0.3, 0.4) is 0 Å². The van der Waals surface area contributed by atoms with Gasteiger partial charge in [-0.2, -0.15) is 0 Å². The van der Waals surface area contributed by atoms with E-state index in [1.807, 2.05) is 60.7 Å². The van der Waals surface area contributed by atoms with E-state index in [0.717, 1.165) is 17.5 Å². The Bertz CT molecular complexity index is 1010. The molecular formula is C31H40N2O5. The van der Waals surface area contributed by atoms with Crippen molar-refractivity contribution < 1.29 is 24.2 Å². The lowest BCUT2D eigenvalue weighted by Gasteiger charge is -2.23. The van der Waals surface area contributed by atoms with Crippen LogP contribution in [0.5, 0.6) is 0 Å². The molecule has 2 rings (SSSR count). The van der Waals surface area contributed by atoms with Gasteiger partial charge in [-0.25, -0.2) is 0 Å². The number of nitrogens with one attached hydrogen (secondary N) is 2. The number of unbranched alkanes of at least 4 members (excludes halogenated alkanes) is 1. The lowest BCUT2D eigenvalue weighted by molar-refractivity contribution is -0.145. The number of rotatable bonds is 18. The van der Waals surface area contributed by atoms with Crippen molar-refractivity contribution in [1.82, 2.24) is 10.6 Å². The Kier molecular flexibility index (Phi) is 14.2. The third kappa shape index (κ3) is 12.0. The van der Waals surface area contributed by atoms with Gasteiger partial charge in [-0.3, -0.25) is 14.4 Å². The largest absolute Gasteiger partial charge is 0.463 e. The van der Waals surface area contributed by atoms with Crippen molar-refractivity contribution in [3.8, 4) is 0 Å². The van der Waals surface area contributed by atoms with Gasteiger partial charge in [-0.15, -0.1) is 13.2 Å². The Labute approximate surface area is 226 Å². The SMILES string of the molecule is C=CCCCC(=O)OC[C@H](Cc1ccccc1)NC(=O)[C@H](CC=C)CC(=O)N[C@H](CO)Cc1ccccc1. The quantitative estimate of drug-likeness (QED) is 0.157. The van der Waals surface area contributed by atoms with Crippen LogP contribution in [0.25, 0.3) is 0 Å². The molecule has 0 saturated heterocycles. The van der Waals surface area contributed by atoms with Gasteiger partial charge in [0, 0.05) is 12.8 Å². The first-order chi connectivity index (χ1) is 18.4. The molecule has 0 saturated carbocycles. The van der Waals surface area contributed by atoms with Gasteiger partial charge in [0.25, 0.3) is 0 Å². The summed E-state index contributed by atoms with van der Waals surface area (Å²) in [7, 11) is 0. The first-order valence-corrected chi connectivity index (χ1v) is 13.1. The first kappa shape index (κ1) is 30.5. The first-order valence-electron chi connectivity index (χ1n) is 13.1. The number of aliphatic hydroxyl groups is 1. The minimum atomic E-state index is -0.648. The summed E-state index contributed by atoms with van der Waals surface area (Å²) in [5.74, 6) is -1.61. The van der Waals surface area contributed by atoms with Crippen LogP contribution >= 0.6 is 0 Å². The minimum absolute atomic E-state index is 0.0320. The summed E-state index contributed by atoms with van der Waals surface area (Å²) >= 11 is 0. The molecule has 0 aromatic heterocycles. The predicted molar refractivity (Wildman–Crippen MR) is 149 cm³/mol. The molecule has 3 N–H and O–H groups in total. The predicted octanol–water partition coefficient (Wildman–Crippen LogP) is 3.92. The van der Waals surface area contributed by atoms with Gasteiger partial charge in [0.1, 0.15) is 6.61 Å². The minimum Gasteiger partial charge on any atom is -0.463 e. The van der Waals surface area contributed by atoms with Crippen LogP contribution in [0, 0.1) is 5.92 Å². The second-order valence-corrected chi connectivity index (χ2v) is 9.32. The maximum Gasteiger partial charge on any atom is 0.305 e. The lowest BCUT2D eigenvalue weighted by atomic mass is 9.98. The summed E-state index contributed by atoms with van der Waals surface area (Å²) in [5.41, 5.74) is 1.99. The number of hydrogen-bond acceptors (Lipinski definition) is 5. The molecule has 3 atom stereocenters. The summed E-state index contributed by atoms with van der Waals surface area (Å²) < 4.78 is 5.45. The zero-order chi connectivity index (χ0) is 27.6. The van der Waals surface area contributed by atoms with Crippen LogP contribution in [-0.4, -0.2) is 48.2 Å². The smallest absolute Gasteiger partial charge is 0.305 e. The van der Waals surface area contributed by atoms with Crippen LogP contribution in [0.15, 0.2) is 86.0 Å². The summed E-state index contributed by atoms with van der Waals surface area (Å²) in [5, 5.41) is 15.6. The van der Waals surface area contributed by atoms with Gasteiger partial charge in [0.05, 0.1) is 24.6 Å². The average Bonchev–Trinajstić information content (AvgIpc) is 2.92. The van der Waals surface area contributed by atoms with Crippen molar-refractivity contribution >= 4 is 17.8 Å². The fraction of sp³-hybridized carbons (Fsp3) is 0.387. The van der Waals surface area contributed by atoms with E-state index in [4.69, 9.17) is 4.74 Å². The van der Waals surface area contributed by atoms with Crippen molar-refractivity contribution in [3.63, 3.8) is 0 Å². The highest BCUT2D eigenvalue weighted by Crippen LogP contribution is 2.13. The number of allylic oxidation sites excluding steroid dienone is 2. The molecule has 0 spiro atoms. The third-order valence-electron chi connectivity index (χ3n) is 6.07. The molecule has 7 nitrogen and oxygen atoms in total. The zero-order valence-corrected chi connectivity index (χ0v) is 22.0. The zero-order valence-electron chi connectivity index (χ0n) is 22.0. The molecular weight excluding hydrogens is 480 g/mol. The van der Waals surface area contributed by atoms with Crippen molar-refractivity contribution in [3.05, 3.63) is 97.1 Å². The fourth-order valence-corrected chi connectivity index (χ4v) is 4.08. The molecule has 7 heteroatoms. The van der Waals surface area contributed by atoms with E-state index < -0.39 is 18.0 Å². The number of hydrogen-bond donors (Lipinski definition) is 3. The van der Waals surface area contributed by atoms with E-state index in [0.29, 0.717) is 25.7 Å². The average molecular weight is 521 g/mol. The van der Waals surface area contributed by atoms with Crippen LogP contribution in [0.2, 0.25) is 0 Å². The Morgan fingerprint density at radius 3 is 2.03 bits per heavy atom. The molecule has 2 aromatic carbocycles. The molecule has 0 aliphatic carbocycles. The van der Waals surface area contributed by atoms with Gasteiger partial charge in [-0.05, 0) is 43.2 Å². The van der Waals surface area contributed by atoms with E-state index in [-0.39, 0.29) is 43.8 Å². The van der Waals surface area contributed by atoms with E-state index in [9.17, 15) is 19.5 Å². The monoisotopic (exact) mass is 520 g/mol. The molecule has 38 heavy (non-hydrogen) atoms. The number of carbonyl (C=O) groups is 3. The number of esters is 1. The highest BCUT2D eigenvalue weighted by molar-refractivity contribution is 5.86. The Morgan fingerprint density at radius 2 is 1.47 bits per heavy atom. The van der Waals surface area contributed by atoms with Gasteiger partial charge in [-0.1, -0.05) is 72.8 Å². The molecule has 0 bridgehead atoms. The Morgan fingerprint density at radius 1 is 0.868 bits per heavy atom. The maximum atomic E-state index is 13.2. The summed E-state index contributed by atoms with van der Waals surface area (Å²) in [6, 6.07) is 18.3. The van der Waals surface area contributed by atoms with Crippen LogP contribution < -0.4 is 10.6 Å². The highest BCUT2D eigenvalue weighted by Gasteiger charge is 2.25. The number of aliphatic hydroxyl groups excluding tert-OH is 1. The van der Waals surface area contributed by atoms with E-state index in [1.54, 1.807) is 12.2 Å². The molecule has 0 radical (unpaired) electrons. The number of carbonyl (C=O) groups excluding carboxylic acids is 3. The van der Waals surface area contributed by atoms with Crippen molar-refractivity contribution in [2.24, 2.45) is 5.92 Å². The van der Waals surface area contributed by atoms with E-state index in [1.165, 1.54) is 0 Å². The van der Waals surface area contributed by atoms with E-state index in [2.05, 4.69) is 23.8 Å². The summed E-state index contributed by atoms with van der Waals surface area (Å²) in [4.78, 5) is 38.2. The third-order valence-corrected chi connectivity index (χ3v) is 6.07. The Hall–Kier alpha value is -3.71. The molecule has 0 aliphatic heterocycles. The number of benzene rings is 2. The second kappa shape index (κ2) is 17.7. The summed E-state index contributed by atoms with van der Waals surface area (Å²) in [6.07, 6.45) is 6.25. The van der Waals surface area contributed by atoms with Crippen LogP contribution in [0.4, 0.5) is 0 Å². The fourth-order valence-electron chi connectivity index (χ4n) is 4.08. The second-order valence-electron chi connectivity index (χ2n) is 9.32. The molecule has 0 aliphatic rings. The Balaban J connectivity index is 2.00. The van der Waals surface area contributed by atoms with Gasteiger partial charge < -0.3 is 20.5 Å². The topological polar surface area (TPSA) is 105 Å². The molecule has 2 amide bonds. The van der Waals surface area contributed by atoms with Gasteiger partial charge in [0.2, 0.25) is 11.8 Å². The number of ether oxygens (including phenoxy) is 1.